The van der Waals surface area contributed by atoms with Gasteiger partial charge in [0, 0.05) is 0 Å². The third kappa shape index (κ3) is 2.30. The Balaban J connectivity index is 2.02. The van der Waals surface area contributed by atoms with Crippen molar-refractivity contribution in [2.75, 3.05) is 7.11 Å². The summed E-state index contributed by atoms with van der Waals surface area (Å²) >= 11 is 4.89. The number of hydrogen-bond acceptors (Lipinski definition) is 6. The number of thiophene rings is 1. The molecule has 1 N–H and O–H groups in total. The van der Waals surface area contributed by atoms with Crippen molar-refractivity contribution in [1.29, 1.82) is 0 Å². The van der Waals surface area contributed by atoms with Crippen LogP contribution in [0.4, 0.5) is 0 Å². The van der Waals surface area contributed by atoms with Crippen molar-refractivity contribution in [3.63, 3.8) is 0 Å². The largest absolute Gasteiger partial charge is 0.504 e. The van der Waals surface area contributed by atoms with Gasteiger partial charge in [-0.15, -0.1) is 11.3 Å². The molecule has 2 heterocycles. The molecule has 102 valence electrons. The van der Waals surface area contributed by atoms with Gasteiger partial charge in [-0.1, -0.05) is 11.2 Å². The van der Waals surface area contributed by atoms with E-state index in [1.54, 1.807) is 18.2 Å². The normalized spacial score (nSPS) is 10.7. The zero-order chi connectivity index (χ0) is 14.1. The van der Waals surface area contributed by atoms with Gasteiger partial charge in [0.25, 0.3) is 5.89 Å². The van der Waals surface area contributed by atoms with Gasteiger partial charge in [0.1, 0.15) is 0 Å². The first-order valence-corrected chi connectivity index (χ1v) is 7.25. The number of phenolic OH excluding ortho intramolecular Hbond substituents is 1. The van der Waals surface area contributed by atoms with Crippen LogP contribution in [0.15, 0.2) is 38.6 Å². The van der Waals surface area contributed by atoms with Crippen molar-refractivity contribution >= 4 is 27.3 Å². The highest BCUT2D eigenvalue weighted by Gasteiger charge is 2.17. The number of rotatable bonds is 3. The van der Waals surface area contributed by atoms with Crippen molar-refractivity contribution in [3.8, 4) is 33.7 Å². The highest BCUT2D eigenvalue weighted by atomic mass is 79.9. The van der Waals surface area contributed by atoms with Crippen molar-refractivity contribution in [2.45, 2.75) is 0 Å². The molecule has 0 fully saturated rings. The zero-order valence-corrected chi connectivity index (χ0v) is 12.7. The number of methoxy groups -OCH3 is 1. The van der Waals surface area contributed by atoms with E-state index in [0.29, 0.717) is 17.1 Å². The minimum absolute atomic E-state index is 0.0161. The summed E-state index contributed by atoms with van der Waals surface area (Å²) in [7, 11) is 1.49. The summed E-state index contributed by atoms with van der Waals surface area (Å²) < 4.78 is 11.3. The summed E-state index contributed by atoms with van der Waals surface area (Å²) in [5.74, 6) is 1.08. The van der Waals surface area contributed by atoms with Crippen LogP contribution in [-0.2, 0) is 0 Å². The van der Waals surface area contributed by atoms with Crippen molar-refractivity contribution in [2.24, 2.45) is 0 Å². The first kappa shape index (κ1) is 13.1. The van der Waals surface area contributed by atoms with Crippen molar-refractivity contribution in [3.05, 3.63) is 34.1 Å². The van der Waals surface area contributed by atoms with Gasteiger partial charge in [-0.2, -0.15) is 4.98 Å². The average molecular weight is 353 g/mol. The number of ether oxygens (including phenoxy) is 1. The third-order valence-corrected chi connectivity index (χ3v) is 4.29. The highest BCUT2D eigenvalue weighted by molar-refractivity contribution is 9.11. The number of benzene rings is 1. The Morgan fingerprint density at radius 2 is 2.15 bits per heavy atom. The topological polar surface area (TPSA) is 68.4 Å². The van der Waals surface area contributed by atoms with Gasteiger partial charge in [0.2, 0.25) is 5.82 Å². The Labute approximate surface area is 127 Å². The van der Waals surface area contributed by atoms with Crippen molar-refractivity contribution < 1.29 is 14.4 Å². The second-order valence-corrected chi connectivity index (χ2v) is 6.35. The lowest BCUT2D eigenvalue weighted by Gasteiger charge is -2.04. The lowest BCUT2D eigenvalue weighted by Crippen LogP contribution is -1.86. The average Bonchev–Trinajstić information content (AvgIpc) is 3.07. The number of aromatic nitrogens is 2. The molecule has 3 aromatic rings. The quantitative estimate of drug-likeness (QED) is 0.772. The molecule has 0 aliphatic carbocycles. The third-order valence-electron chi connectivity index (χ3n) is 2.67. The van der Waals surface area contributed by atoms with Crippen LogP contribution in [0.25, 0.3) is 22.2 Å². The number of aromatic hydroxyl groups is 1. The molecule has 0 aliphatic rings. The second-order valence-electron chi connectivity index (χ2n) is 3.88. The van der Waals surface area contributed by atoms with E-state index in [9.17, 15) is 5.11 Å². The predicted molar refractivity (Wildman–Crippen MR) is 79.0 cm³/mol. The molecule has 7 heteroatoms. The maximum absolute atomic E-state index is 10.1. The van der Waals surface area contributed by atoms with Crippen LogP contribution in [0.1, 0.15) is 0 Å². The Kier molecular flexibility index (Phi) is 3.45. The molecule has 0 bridgehead atoms. The molecule has 0 saturated carbocycles. The van der Waals surface area contributed by atoms with E-state index in [1.165, 1.54) is 18.4 Å². The number of para-hydroxylation sites is 1. The number of hydrogen-bond donors (Lipinski definition) is 1. The van der Waals surface area contributed by atoms with Gasteiger partial charge < -0.3 is 14.4 Å². The molecule has 2 aromatic heterocycles. The standard InChI is InChI=1S/C13H9BrN2O3S/c1-18-8-4-2-3-7(11(8)17)13-15-12(16-19-13)9-5-6-10(14)20-9/h2-6,17H,1H3. The molecule has 0 aliphatic heterocycles. The van der Waals surface area contributed by atoms with E-state index in [-0.39, 0.29) is 11.6 Å². The summed E-state index contributed by atoms with van der Waals surface area (Å²) in [5.41, 5.74) is 0.443. The van der Waals surface area contributed by atoms with Gasteiger partial charge in [0.15, 0.2) is 11.5 Å². The molecule has 0 radical (unpaired) electrons. The first-order valence-electron chi connectivity index (χ1n) is 5.65. The van der Waals surface area contributed by atoms with Gasteiger partial charge in [-0.25, -0.2) is 0 Å². The summed E-state index contributed by atoms with van der Waals surface area (Å²) in [6.45, 7) is 0. The van der Waals surface area contributed by atoms with E-state index in [1.807, 2.05) is 12.1 Å². The van der Waals surface area contributed by atoms with Gasteiger partial charge in [-0.05, 0) is 40.2 Å². The Morgan fingerprint density at radius 3 is 2.85 bits per heavy atom. The minimum atomic E-state index is -0.0161. The van der Waals surface area contributed by atoms with Crippen LogP contribution in [0.3, 0.4) is 0 Å². The fraction of sp³-hybridized carbons (Fsp3) is 0.0769. The number of nitrogens with zero attached hydrogens (tertiary/aromatic N) is 2. The lowest BCUT2D eigenvalue weighted by atomic mass is 10.2. The van der Waals surface area contributed by atoms with Gasteiger partial charge >= 0.3 is 0 Å². The first-order chi connectivity index (χ1) is 9.69. The molecule has 0 spiro atoms. The molecular formula is C13H9BrN2O3S. The highest BCUT2D eigenvalue weighted by Crippen LogP contribution is 2.37. The van der Waals surface area contributed by atoms with Crippen molar-refractivity contribution in [1.82, 2.24) is 10.1 Å². The molecule has 20 heavy (non-hydrogen) atoms. The lowest BCUT2D eigenvalue weighted by molar-refractivity contribution is 0.371. The van der Waals surface area contributed by atoms with Gasteiger partial charge in [0.05, 0.1) is 21.3 Å². The SMILES string of the molecule is COc1cccc(-c2nc(-c3ccc(Br)s3)no2)c1O. The van der Waals surface area contributed by atoms with Crippen LogP contribution in [0, 0.1) is 0 Å². The van der Waals surface area contributed by atoms with Gasteiger partial charge in [-0.3, -0.25) is 0 Å². The number of phenols is 1. The van der Waals surface area contributed by atoms with Crippen LogP contribution in [0.2, 0.25) is 0 Å². The Morgan fingerprint density at radius 1 is 1.30 bits per heavy atom. The van der Waals surface area contributed by atoms with E-state index in [2.05, 4.69) is 26.1 Å². The molecule has 0 unspecified atom stereocenters. The molecule has 0 saturated heterocycles. The van der Waals surface area contributed by atoms with E-state index in [0.717, 1.165) is 8.66 Å². The van der Waals surface area contributed by atoms with Crippen LogP contribution in [0.5, 0.6) is 11.5 Å². The van der Waals surface area contributed by atoms with Crippen LogP contribution >= 0.6 is 27.3 Å². The van der Waals surface area contributed by atoms with E-state index >= 15 is 0 Å². The maximum atomic E-state index is 10.1. The Hall–Kier alpha value is -1.86. The van der Waals surface area contributed by atoms with Crippen LogP contribution in [-0.4, -0.2) is 22.4 Å². The van der Waals surface area contributed by atoms with Crippen LogP contribution < -0.4 is 4.74 Å². The summed E-state index contributed by atoms with van der Waals surface area (Å²) in [6, 6.07) is 8.92. The maximum Gasteiger partial charge on any atom is 0.262 e. The zero-order valence-electron chi connectivity index (χ0n) is 10.3. The predicted octanol–water partition coefficient (Wildman–Crippen LogP) is 3.94. The second kappa shape index (κ2) is 5.26. The fourth-order valence-corrected chi connectivity index (χ4v) is 3.04. The molecular weight excluding hydrogens is 344 g/mol. The number of halogens is 1. The summed E-state index contributed by atoms with van der Waals surface area (Å²) in [6.07, 6.45) is 0. The molecule has 5 nitrogen and oxygen atoms in total. The molecule has 0 atom stereocenters. The monoisotopic (exact) mass is 352 g/mol. The molecule has 0 amide bonds. The van der Waals surface area contributed by atoms with E-state index < -0.39 is 0 Å². The molecule has 1 aromatic carbocycles. The minimum Gasteiger partial charge on any atom is -0.504 e. The summed E-state index contributed by atoms with van der Waals surface area (Å²) in [4.78, 5) is 5.18. The Bertz CT molecular complexity index is 754. The molecule has 3 rings (SSSR count). The van der Waals surface area contributed by atoms with E-state index in [4.69, 9.17) is 9.26 Å². The summed E-state index contributed by atoms with van der Waals surface area (Å²) in [5, 5.41) is 14.0. The fourth-order valence-electron chi connectivity index (χ4n) is 1.73. The smallest absolute Gasteiger partial charge is 0.262 e.